The fourth-order valence-electron chi connectivity index (χ4n) is 4.32. The fourth-order valence-corrected chi connectivity index (χ4v) is 5.79. The number of benzene rings is 1. The van der Waals surface area contributed by atoms with Crippen LogP contribution in [0.25, 0.3) is 11.1 Å². The first-order valence-corrected chi connectivity index (χ1v) is 13.0. The number of aliphatic hydroxyl groups is 1. The first-order valence-electron chi connectivity index (χ1n) is 11.6. The van der Waals surface area contributed by atoms with Crippen molar-refractivity contribution in [2.45, 2.75) is 36.8 Å². The minimum absolute atomic E-state index is 0.0389. The molecule has 8 nitrogen and oxygen atoms in total. The predicted molar refractivity (Wildman–Crippen MR) is 132 cm³/mol. The number of hydrogen-bond donors (Lipinski definition) is 2. The normalized spacial score (nSPS) is 21.2. The Bertz CT molecular complexity index is 1240. The molecule has 4 heterocycles. The maximum Gasteiger partial charge on any atom is 0.243 e. The SMILES string of the molecule is Cc1ccc(N[C@@H]2CCN(S(=O)(=O)c3ccc(-c4ccnc(N5CCC5)c4)cc3)C[C@@H]2O)nc1. The summed E-state index contributed by atoms with van der Waals surface area (Å²) in [6.45, 7) is 4.37. The molecule has 0 radical (unpaired) electrons. The first kappa shape index (κ1) is 22.8. The van der Waals surface area contributed by atoms with Crippen molar-refractivity contribution in [1.29, 1.82) is 0 Å². The summed E-state index contributed by atoms with van der Waals surface area (Å²) in [6, 6.07) is 14.5. The third-order valence-corrected chi connectivity index (χ3v) is 8.42. The van der Waals surface area contributed by atoms with Crippen LogP contribution in [0.15, 0.2) is 65.8 Å². The number of pyridine rings is 2. The lowest BCUT2D eigenvalue weighted by Crippen LogP contribution is -2.51. The summed E-state index contributed by atoms with van der Waals surface area (Å²) in [4.78, 5) is 11.2. The highest BCUT2D eigenvalue weighted by Gasteiger charge is 2.34. The van der Waals surface area contributed by atoms with Gasteiger partial charge < -0.3 is 15.3 Å². The number of hydrogen-bond acceptors (Lipinski definition) is 7. The van der Waals surface area contributed by atoms with Crippen LogP contribution in [-0.4, -0.2) is 66.1 Å². The summed E-state index contributed by atoms with van der Waals surface area (Å²) in [7, 11) is -3.70. The average Bonchev–Trinajstić information content (AvgIpc) is 2.81. The molecule has 0 spiro atoms. The number of aliphatic hydroxyl groups excluding tert-OH is 1. The van der Waals surface area contributed by atoms with Gasteiger partial charge in [-0.25, -0.2) is 18.4 Å². The van der Waals surface area contributed by atoms with Crippen molar-refractivity contribution in [3.05, 3.63) is 66.5 Å². The zero-order valence-electron chi connectivity index (χ0n) is 19.1. The molecule has 2 N–H and O–H groups in total. The summed E-state index contributed by atoms with van der Waals surface area (Å²) in [5, 5.41) is 13.9. The van der Waals surface area contributed by atoms with Gasteiger partial charge in [-0.1, -0.05) is 18.2 Å². The smallest absolute Gasteiger partial charge is 0.243 e. The van der Waals surface area contributed by atoms with E-state index in [0.29, 0.717) is 18.8 Å². The molecular formula is C25H29N5O3S. The van der Waals surface area contributed by atoms with E-state index < -0.39 is 16.1 Å². The summed E-state index contributed by atoms with van der Waals surface area (Å²) >= 11 is 0. The molecule has 2 aromatic heterocycles. The van der Waals surface area contributed by atoms with Crippen molar-refractivity contribution < 1.29 is 13.5 Å². The van der Waals surface area contributed by atoms with Gasteiger partial charge in [-0.05, 0) is 66.8 Å². The van der Waals surface area contributed by atoms with Gasteiger partial charge in [0.25, 0.3) is 0 Å². The number of nitrogens with one attached hydrogen (secondary N) is 1. The van der Waals surface area contributed by atoms with Gasteiger partial charge in [0.15, 0.2) is 0 Å². The Kier molecular flexibility index (Phi) is 6.24. The lowest BCUT2D eigenvalue weighted by Gasteiger charge is -2.35. The van der Waals surface area contributed by atoms with E-state index in [1.165, 1.54) is 10.7 Å². The first-order chi connectivity index (χ1) is 16.4. The maximum absolute atomic E-state index is 13.2. The molecule has 2 saturated heterocycles. The van der Waals surface area contributed by atoms with E-state index in [0.717, 1.165) is 35.6 Å². The van der Waals surface area contributed by atoms with Crippen LogP contribution in [0.4, 0.5) is 11.6 Å². The van der Waals surface area contributed by atoms with Crippen molar-refractivity contribution in [1.82, 2.24) is 14.3 Å². The van der Waals surface area contributed by atoms with Gasteiger partial charge in [-0.15, -0.1) is 0 Å². The zero-order chi connectivity index (χ0) is 23.7. The van der Waals surface area contributed by atoms with Gasteiger partial charge in [-0.3, -0.25) is 0 Å². The Morgan fingerprint density at radius 1 is 1.00 bits per heavy atom. The minimum Gasteiger partial charge on any atom is -0.390 e. The number of sulfonamides is 1. The molecule has 0 saturated carbocycles. The molecule has 5 rings (SSSR count). The summed E-state index contributed by atoms with van der Waals surface area (Å²) in [5.74, 6) is 1.63. The highest BCUT2D eigenvalue weighted by molar-refractivity contribution is 7.89. The molecule has 2 aliphatic rings. The van der Waals surface area contributed by atoms with Gasteiger partial charge in [0.2, 0.25) is 10.0 Å². The zero-order valence-corrected chi connectivity index (χ0v) is 19.9. The number of aromatic nitrogens is 2. The maximum atomic E-state index is 13.2. The Balaban J connectivity index is 1.26. The van der Waals surface area contributed by atoms with Gasteiger partial charge in [0.1, 0.15) is 11.6 Å². The summed E-state index contributed by atoms with van der Waals surface area (Å²) in [6.07, 6.45) is 4.39. The van der Waals surface area contributed by atoms with Crippen molar-refractivity contribution in [3.8, 4) is 11.1 Å². The number of nitrogens with zero attached hydrogens (tertiary/aromatic N) is 4. The molecule has 34 heavy (non-hydrogen) atoms. The molecule has 2 atom stereocenters. The van der Waals surface area contributed by atoms with E-state index in [1.54, 1.807) is 24.5 Å². The molecule has 2 aliphatic heterocycles. The second kappa shape index (κ2) is 9.32. The van der Waals surface area contributed by atoms with Gasteiger partial charge in [0, 0.05) is 38.6 Å². The van der Waals surface area contributed by atoms with Crippen LogP contribution < -0.4 is 10.2 Å². The Labute approximate surface area is 200 Å². The van der Waals surface area contributed by atoms with Crippen LogP contribution in [0.5, 0.6) is 0 Å². The van der Waals surface area contributed by atoms with E-state index >= 15 is 0 Å². The van der Waals surface area contributed by atoms with Gasteiger partial charge in [0.05, 0.1) is 17.0 Å². The number of rotatable bonds is 6. The van der Waals surface area contributed by atoms with Crippen molar-refractivity contribution in [2.24, 2.45) is 0 Å². The second-order valence-electron chi connectivity index (χ2n) is 8.96. The van der Waals surface area contributed by atoms with Crippen molar-refractivity contribution in [2.75, 3.05) is 36.4 Å². The molecule has 0 unspecified atom stereocenters. The number of anilines is 2. The van der Waals surface area contributed by atoms with Gasteiger partial charge in [-0.2, -0.15) is 4.31 Å². The minimum atomic E-state index is -3.70. The Morgan fingerprint density at radius 2 is 1.79 bits per heavy atom. The Morgan fingerprint density at radius 3 is 2.44 bits per heavy atom. The monoisotopic (exact) mass is 479 g/mol. The number of aryl methyl sites for hydroxylation is 1. The highest BCUT2D eigenvalue weighted by Crippen LogP contribution is 2.28. The summed E-state index contributed by atoms with van der Waals surface area (Å²) in [5.41, 5.74) is 3.00. The van der Waals surface area contributed by atoms with E-state index in [2.05, 4.69) is 20.2 Å². The number of piperidine rings is 1. The van der Waals surface area contributed by atoms with Crippen LogP contribution in [0, 0.1) is 6.92 Å². The molecule has 9 heteroatoms. The molecular weight excluding hydrogens is 450 g/mol. The summed E-state index contributed by atoms with van der Waals surface area (Å²) < 4.78 is 27.8. The standard InChI is InChI=1S/C25H29N5O3S/c1-18-3-8-24(27-16-18)28-22-10-14-30(17-23(22)31)34(32,33)21-6-4-19(5-7-21)20-9-11-26-25(15-20)29-12-2-13-29/h3-9,11,15-16,22-23,31H,2,10,12-14,17H2,1H3,(H,27,28)/t22-,23+/m1/s1. The average molecular weight is 480 g/mol. The fraction of sp³-hybridized carbons (Fsp3) is 0.360. The molecule has 3 aromatic rings. The van der Waals surface area contributed by atoms with Crippen LogP contribution in [0.2, 0.25) is 0 Å². The van der Waals surface area contributed by atoms with E-state index in [4.69, 9.17) is 0 Å². The second-order valence-corrected chi connectivity index (χ2v) is 10.9. The number of β-amino-alcohol motifs (C(OH)–C–C–N with tert-alkyl or cyclic N) is 1. The molecule has 178 valence electrons. The third-order valence-electron chi connectivity index (χ3n) is 6.54. The molecule has 2 fully saturated rings. The topological polar surface area (TPSA) is 98.7 Å². The lowest BCUT2D eigenvalue weighted by molar-refractivity contribution is 0.0949. The van der Waals surface area contributed by atoms with Crippen LogP contribution >= 0.6 is 0 Å². The van der Waals surface area contributed by atoms with Crippen molar-refractivity contribution in [3.63, 3.8) is 0 Å². The Hall–Kier alpha value is -3.01. The van der Waals surface area contributed by atoms with E-state index in [9.17, 15) is 13.5 Å². The largest absolute Gasteiger partial charge is 0.390 e. The van der Waals surface area contributed by atoms with Crippen LogP contribution in [0.3, 0.4) is 0 Å². The molecule has 0 aliphatic carbocycles. The highest BCUT2D eigenvalue weighted by atomic mass is 32.2. The van der Waals surface area contributed by atoms with E-state index in [1.807, 2.05) is 43.3 Å². The van der Waals surface area contributed by atoms with Crippen LogP contribution in [0.1, 0.15) is 18.4 Å². The van der Waals surface area contributed by atoms with Crippen LogP contribution in [-0.2, 0) is 10.0 Å². The lowest BCUT2D eigenvalue weighted by atomic mass is 10.0. The van der Waals surface area contributed by atoms with Gasteiger partial charge >= 0.3 is 0 Å². The van der Waals surface area contributed by atoms with E-state index in [-0.39, 0.29) is 17.5 Å². The third kappa shape index (κ3) is 4.64. The molecule has 0 bridgehead atoms. The molecule has 1 aromatic carbocycles. The van der Waals surface area contributed by atoms with Crippen molar-refractivity contribution >= 4 is 21.7 Å². The predicted octanol–water partition coefficient (Wildman–Crippen LogP) is 2.90. The quantitative estimate of drug-likeness (QED) is 0.561. The molecule has 0 amide bonds.